The zero-order valence-corrected chi connectivity index (χ0v) is 13.1. The Labute approximate surface area is 139 Å². The second-order valence-electron chi connectivity index (χ2n) is 4.45. The predicted molar refractivity (Wildman–Crippen MR) is 87.7 cm³/mol. The first-order chi connectivity index (χ1) is 11.5. The Morgan fingerprint density at radius 2 is 1.50 bits per heavy atom. The summed E-state index contributed by atoms with van der Waals surface area (Å²) in [5.74, 6) is -1.23. The van der Waals surface area contributed by atoms with Crippen LogP contribution in [0.15, 0.2) is 54.6 Å². The molecular weight excluding hydrogens is 314 g/mol. The Bertz CT molecular complexity index is 633. The van der Waals surface area contributed by atoms with Crippen LogP contribution in [0.25, 0.3) is 0 Å². The molecule has 0 aliphatic rings. The van der Waals surface area contributed by atoms with Crippen LogP contribution in [0.5, 0.6) is 17.2 Å². The largest absolute Gasteiger partial charge is 0.492 e. The Hall–Kier alpha value is -3.06. The third-order valence-corrected chi connectivity index (χ3v) is 2.59. The highest BCUT2D eigenvalue weighted by Crippen LogP contribution is 2.24. The maximum atomic E-state index is 9.10. The fraction of sp³-hybridized carbons (Fsp3) is 0.176. The molecular formula is C17H19NO6. The van der Waals surface area contributed by atoms with Crippen molar-refractivity contribution < 1.29 is 29.3 Å². The van der Waals surface area contributed by atoms with E-state index >= 15 is 0 Å². The van der Waals surface area contributed by atoms with Gasteiger partial charge in [0.2, 0.25) is 0 Å². The smallest absolute Gasteiger partial charge is 0.414 e. The van der Waals surface area contributed by atoms with Gasteiger partial charge in [-0.05, 0) is 31.3 Å². The standard InChI is InChI=1S/C15H17NO2.C2H2O4/c1-16-10-11-17-14-8-5-9-15(12-14)18-13-6-3-2-4-7-13;3-1(4)2(5)6/h2-9,12,16H,10-11H2,1H3;(H,3,4)(H,5,6). The van der Waals surface area contributed by atoms with Gasteiger partial charge in [-0.2, -0.15) is 0 Å². The summed E-state index contributed by atoms with van der Waals surface area (Å²) in [6, 6.07) is 17.4. The first-order valence-electron chi connectivity index (χ1n) is 7.09. The number of nitrogens with one attached hydrogen (secondary N) is 1. The zero-order valence-electron chi connectivity index (χ0n) is 13.1. The Morgan fingerprint density at radius 1 is 0.917 bits per heavy atom. The van der Waals surface area contributed by atoms with E-state index in [1.165, 1.54) is 0 Å². The molecule has 0 heterocycles. The van der Waals surface area contributed by atoms with Crippen molar-refractivity contribution in [1.82, 2.24) is 5.32 Å². The second-order valence-corrected chi connectivity index (χ2v) is 4.45. The van der Waals surface area contributed by atoms with Crippen LogP contribution in [0, 0.1) is 0 Å². The Morgan fingerprint density at radius 3 is 2.08 bits per heavy atom. The summed E-state index contributed by atoms with van der Waals surface area (Å²) in [7, 11) is 1.90. The minimum Gasteiger partial charge on any atom is -0.492 e. The lowest BCUT2D eigenvalue weighted by atomic mass is 10.3. The number of carboxylic acids is 2. The third-order valence-electron chi connectivity index (χ3n) is 2.59. The molecule has 0 amide bonds. The molecule has 2 rings (SSSR count). The normalized spacial score (nSPS) is 9.38. The van der Waals surface area contributed by atoms with Crippen LogP contribution < -0.4 is 14.8 Å². The molecule has 2 aromatic rings. The molecule has 0 aromatic heterocycles. The number of carbonyl (C=O) groups is 2. The molecule has 0 aliphatic heterocycles. The maximum absolute atomic E-state index is 9.10. The van der Waals surface area contributed by atoms with Gasteiger partial charge in [-0.1, -0.05) is 24.3 Å². The van der Waals surface area contributed by atoms with Crippen molar-refractivity contribution in [1.29, 1.82) is 0 Å². The van der Waals surface area contributed by atoms with Gasteiger partial charge < -0.3 is 25.0 Å². The molecule has 0 saturated heterocycles. The first-order valence-corrected chi connectivity index (χ1v) is 7.09. The van der Waals surface area contributed by atoms with E-state index in [1.54, 1.807) is 0 Å². The number of benzene rings is 2. The summed E-state index contributed by atoms with van der Waals surface area (Å²) in [6.07, 6.45) is 0. The van der Waals surface area contributed by atoms with Crippen molar-refractivity contribution >= 4 is 11.9 Å². The van der Waals surface area contributed by atoms with Gasteiger partial charge >= 0.3 is 11.9 Å². The highest BCUT2D eigenvalue weighted by atomic mass is 16.5. The van der Waals surface area contributed by atoms with E-state index in [0.717, 1.165) is 23.8 Å². The predicted octanol–water partition coefficient (Wildman–Crippen LogP) is 2.23. The summed E-state index contributed by atoms with van der Waals surface area (Å²) >= 11 is 0. The van der Waals surface area contributed by atoms with Gasteiger partial charge in [0.25, 0.3) is 0 Å². The quantitative estimate of drug-likeness (QED) is 0.550. The van der Waals surface area contributed by atoms with Crippen molar-refractivity contribution in [2.45, 2.75) is 0 Å². The Balaban J connectivity index is 0.000000413. The summed E-state index contributed by atoms with van der Waals surface area (Å²) in [6.45, 7) is 1.47. The van der Waals surface area contributed by atoms with E-state index in [4.69, 9.17) is 29.3 Å². The number of hydrogen-bond donors (Lipinski definition) is 3. The Kier molecular flexibility index (Phi) is 8.41. The second kappa shape index (κ2) is 10.6. The minimum atomic E-state index is -1.82. The van der Waals surface area contributed by atoms with Crippen molar-refractivity contribution in [2.24, 2.45) is 0 Å². The monoisotopic (exact) mass is 333 g/mol. The minimum absolute atomic E-state index is 0.644. The van der Waals surface area contributed by atoms with Gasteiger partial charge in [0, 0.05) is 12.6 Å². The number of hydrogen-bond acceptors (Lipinski definition) is 5. The van der Waals surface area contributed by atoms with Crippen LogP contribution in [0.1, 0.15) is 0 Å². The molecule has 0 radical (unpaired) electrons. The summed E-state index contributed by atoms with van der Waals surface area (Å²) in [5, 5.41) is 17.8. The number of para-hydroxylation sites is 1. The molecule has 7 nitrogen and oxygen atoms in total. The highest BCUT2D eigenvalue weighted by molar-refractivity contribution is 6.27. The fourth-order valence-electron chi connectivity index (χ4n) is 1.52. The van der Waals surface area contributed by atoms with E-state index in [2.05, 4.69) is 5.32 Å². The van der Waals surface area contributed by atoms with Crippen molar-refractivity contribution in [2.75, 3.05) is 20.2 Å². The molecule has 128 valence electrons. The molecule has 24 heavy (non-hydrogen) atoms. The molecule has 0 spiro atoms. The van der Waals surface area contributed by atoms with Crippen LogP contribution in [-0.2, 0) is 9.59 Å². The van der Waals surface area contributed by atoms with Gasteiger partial charge in [-0.25, -0.2) is 9.59 Å². The SMILES string of the molecule is CNCCOc1cccc(Oc2ccccc2)c1.O=C(O)C(=O)O. The maximum Gasteiger partial charge on any atom is 0.414 e. The van der Waals surface area contributed by atoms with Gasteiger partial charge in [-0.3, -0.25) is 0 Å². The summed E-state index contributed by atoms with van der Waals surface area (Å²) in [5.41, 5.74) is 0. The van der Waals surface area contributed by atoms with Gasteiger partial charge in [0.05, 0.1) is 0 Å². The molecule has 0 saturated carbocycles. The number of likely N-dealkylation sites (N-methyl/N-ethyl adjacent to an activating group) is 1. The van der Waals surface area contributed by atoms with Crippen LogP contribution in [0.4, 0.5) is 0 Å². The first kappa shape index (κ1) is 19.0. The van der Waals surface area contributed by atoms with Crippen molar-refractivity contribution in [3.8, 4) is 17.2 Å². The third kappa shape index (κ3) is 7.81. The van der Waals surface area contributed by atoms with Crippen LogP contribution in [0.2, 0.25) is 0 Å². The topological polar surface area (TPSA) is 105 Å². The van der Waals surface area contributed by atoms with Crippen molar-refractivity contribution in [3.05, 3.63) is 54.6 Å². The molecule has 2 aromatic carbocycles. The van der Waals surface area contributed by atoms with E-state index in [9.17, 15) is 0 Å². The lowest BCUT2D eigenvalue weighted by Gasteiger charge is -2.09. The fourth-order valence-corrected chi connectivity index (χ4v) is 1.52. The highest BCUT2D eigenvalue weighted by Gasteiger charge is 2.04. The van der Waals surface area contributed by atoms with Gasteiger partial charge in [0.1, 0.15) is 23.9 Å². The molecule has 7 heteroatoms. The number of aliphatic carboxylic acids is 2. The van der Waals surface area contributed by atoms with Gasteiger partial charge in [-0.15, -0.1) is 0 Å². The van der Waals surface area contributed by atoms with E-state index in [1.807, 2.05) is 61.6 Å². The lowest BCUT2D eigenvalue weighted by Crippen LogP contribution is -2.15. The number of ether oxygens (including phenoxy) is 2. The average molecular weight is 333 g/mol. The molecule has 0 atom stereocenters. The molecule has 3 N–H and O–H groups in total. The number of rotatable bonds is 6. The summed E-state index contributed by atoms with van der Waals surface area (Å²) in [4.78, 5) is 18.2. The van der Waals surface area contributed by atoms with Crippen molar-refractivity contribution in [3.63, 3.8) is 0 Å². The zero-order chi connectivity index (χ0) is 17.8. The molecule has 0 fully saturated rings. The molecule has 0 bridgehead atoms. The molecule has 0 aliphatic carbocycles. The average Bonchev–Trinajstić information content (AvgIpc) is 2.57. The van der Waals surface area contributed by atoms with Crippen LogP contribution in [-0.4, -0.2) is 42.4 Å². The van der Waals surface area contributed by atoms with E-state index in [-0.39, 0.29) is 0 Å². The molecule has 0 unspecified atom stereocenters. The number of carboxylic acid groups (broad SMARTS) is 2. The van der Waals surface area contributed by atoms with E-state index < -0.39 is 11.9 Å². The van der Waals surface area contributed by atoms with Gasteiger partial charge in [0.15, 0.2) is 0 Å². The summed E-state index contributed by atoms with van der Waals surface area (Å²) < 4.78 is 11.3. The van der Waals surface area contributed by atoms with Crippen LogP contribution in [0.3, 0.4) is 0 Å². The van der Waals surface area contributed by atoms with Crippen LogP contribution >= 0.6 is 0 Å². The van der Waals surface area contributed by atoms with E-state index in [0.29, 0.717) is 6.61 Å². The lowest BCUT2D eigenvalue weighted by molar-refractivity contribution is -0.159.